The van der Waals surface area contributed by atoms with Gasteiger partial charge < -0.3 is 4.90 Å². The minimum absolute atomic E-state index is 0.0714. The molecule has 0 bridgehead atoms. The monoisotopic (exact) mass is 328 g/mol. The maximum absolute atomic E-state index is 12.1. The molecular weight excluding hydrogens is 316 g/mol. The molecule has 0 aliphatic carbocycles. The molecule has 21 heavy (non-hydrogen) atoms. The van der Waals surface area contributed by atoms with E-state index in [1.165, 1.54) is 35.4 Å². The SMILES string of the molecule is CN(C)C(=O)c1cc(NS(=O)(=O)c2ccn[nH]2)ccc1Cl. The lowest BCUT2D eigenvalue weighted by Gasteiger charge is -2.13. The van der Waals surface area contributed by atoms with Gasteiger partial charge in [0, 0.05) is 19.8 Å². The number of rotatable bonds is 4. The molecule has 0 spiro atoms. The zero-order valence-electron chi connectivity index (χ0n) is 11.3. The Balaban J connectivity index is 2.34. The fourth-order valence-electron chi connectivity index (χ4n) is 1.60. The van der Waals surface area contributed by atoms with Crippen LogP contribution in [0.3, 0.4) is 0 Å². The summed E-state index contributed by atoms with van der Waals surface area (Å²) in [4.78, 5) is 13.3. The van der Waals surface area contributed by atoms with E-state index in [9.17, 15) is 13.2 Å². The molecule has 1 heterocycles. The summed E-state index contributed by atoms with van der Waals surface area (Å²) in [6, 6.07) is 5.65. The molecule has 0 saturated heterocycles. The van der Waals surface area contributed by atoms with Crippen molar-refractivity contribution in [2.24, 2.45) is 0 Å². The molecule has 1 aromatic heterocycles. The molecular formula is C12H13ClN4O3S. The molecule has 1 amide bonds. The van der Waals surface area contributed by atoms with E-state index in [2.05, 4.69) is 14.9 Å². The third-order valence-corrected chi connectivity index (χ3v) is 4.26. The lowest BCUT2D eigenvalue weighted by molar-refractivity contribution is 0.0828. The normalized spacial score (nSPS) is 11.2. The summed E-state index contributed by atoms with van der Waals surface area (Å²) in [5.41, 5.74) is 0.450. The number of hydrogen-bond donors (Lipinski definition) is 2. The van der Waals surface area contributed by atoms with Gasteiger partial charge in [0.1, 0.15) is 0 Å². The molecule has 0 saturated carbocycles. The lowest BCUT2D eigenvalue weighted by Crippen LogP contribution is -2.22. The summed E-state index contributed by atoms with van der Waals surface area (Å²) in [7, 11) is -0.615. The number of carbonyl (C=O) groups is 1. The van der Waals surface area contributed by atoms with Crippen LogP contribution >= 0.6 is 11.6 Å². The van der Waals surface area contributed by atoms with E-state index in [0.29, 0.717) is 0 Å². The van der Waals surface area contributed by atoms with Gasteiger partial charge in [-0.2, -0.15) is 13.5 Å². The summed E-state index contributed by atoms with van der Waals surface area (Å²) in [5.74, 6) is -0.317. The number of sulfonamides is 1. The van der Waals surface area contributed by atoms with Crippen LogP contribution in [0.4, 0.5) is 5.69 Å². The number of nitrogens with one attached hydrogen (secondary N) is 2. The van der Waals surface area contributed by atoms with Gasteiger partial charge in [0.25, 0.3) is 15.9 Å². The highest BCUT2D eigenvalue weighted by molar-refractivity contribution is 7.92. The maximum Gasteiger partial charge on any atom is 0.278 e. The van der Waals surface area contributed by atoms with Crippen molar-refractivity contribution in [1.29, 1.82) is 0 Å². The number of H-pyrrole nitrogens is 1. The van der Waals surface area contributed by atoms with Crippen molar-refractivity contribution in [3.05, 3.63) is 41.0 Å². The van der Waals surface area contributed by atoms with Crippen molar-refractivity contribution in [1.82, 2.24) is 15.1 Å². The van der Waals surface area contributed by atoms with Gasteiger partial charge in [-0.1, -0.05) is 11.6 Å². The van der Waals surface area contributed by atoms with E-state index in [-0.39, 0.29) is 27.2 Å². The molecule has 2 N–H and O–H groups in total. The van der Waals surface area contributed by atoms with E-state index >= 15 is 0 Å². The van der Waals surface area contributed by atoms with Gasteiger partial charge in [0.2, 0.25) is 0 Å². The van der Waals surface area contributed by atoms with Crippen molar-refractivity contribution in [2.45, 2.75) is 5.03 Å². The number of amides is 1. The van der Waals surface area contributed by atoms with Gasteiger partial charge in [0.05, 0.1) is 16.8 Å². The lowest BCUT2D eigenvalue weighted by atomic mass is 10.2. The Morgan fingerprint density at radius 3 is 2.62 bits per heavy atom. The molecule has 0 unspecified atom stereocenters. The average molecular weight is 329 g/mol. The highest BCUT2D eigenvalue weighted by Gasteiger charge is 2.18. The second-order valence-electron chi connectivity index (χ2n) is 4.42. The van der Waals surface area contributed by atoms with Crippen LogP contribution in [0.15, 0.2) is 35.5 Å². The molecule has 0 fully saturated rings. The topological polar surface area (TPSA) is 95.2 Å². The van der Waals surface area contributed by atoms with Crippen molar-refractivity contribution >= 4 is 33.2 Å². The Labute approximate surface area is 127 Å². The van der Waals surface area contributed by atoms with E-state index < -0.39 is 10.0 Å². The number of hydrogen-bond acceptors (Lipinski definition) is 4. The quantitative estimate of drug-likeness (QED) is 0.890. The van der Waals surface area contributed by atoms with Crippen LogP contribution in [0.2, 0.25) is 5.02 Å². The predicted octanol–water partition coefficient (Wildman–Crippen LogP) is 1.57. The van der Waals surface area contributed by atoms with Crippen molar-refractivity contribution in [3.8, 4) is 0 Å². The smallest absolute Gasteiger partial charge is 0.278 e. The molecule has 0 atom stereocenters. The Morgan fingerprint density at radius 1 is 1.33 bits per heavy atom. The maximum atomic E-state index is 12.1. The minimum Gasteiger partial charge on any atom is -0.345 e. The number of aromatic nitrogens is 2. The van der Waals surface area contributed by atoms with Gasteiger partial charge in [-0.05, 0) is 24.3 Å². The van der Waals surface area contributed by atoms with Crippen LogP contribution in [0.1, 0.15) is 10.4 Å². The highest BCUT2D eigenvalue weighted by atomic mass is 35.5. The zero-order valence-corrected chi connectivity index (χ0v) is 12.9. The Bertz CT molecular complexity index is 757. The van der Waals surface area contributed by atoms with Crippen molar-refractivity contribution in [2.75, 3.05) is 18.8 Å². The average Bonchev–Trinajstić information content (AvgIpc) is 2.94. The van der Waals surface area contributed by atoms with Crippen LogP contribution in [0.25, 0.3) is 0 Å². The minimum atomic E-state index is -3.78. The molecule has 2 rings (SSSR count). The van der Waals surface area contributed by atoms with Crippen LogP contribution in [0, 0.1) is 0 Å². The van der Waals surface area contributed by atoms with E-state index in [0.717, 1.165) is 0 Å². The second-order valence-corrected chi connectivity index (χ2v) is 6.48. The first kappa shape index (κ1) is 15.3. The summed E-state index contributed by atoms with van der Waals surface area (Å²) in [6.45, 7) is 0. The summed E-state index contributed by atoms with van der Waals surface area (Å²) < 4.78 is 26.5. The largest absolute Gasteiger partial charge is 0.345 e. The second kappa shape index (κ2) is 5.74. The van der Waals surface area contributed by atoms with Gasteiger partial charge in [0.15, 0.2) is 5.03 Å². The van der Waals surface area contributed by atoms with E-state index in [1.807, 2.05) is 0 Å². The fourth-order valence-corrected chi connectivity index (χ4v) is 2.75. The molecule has 2 aromatic rings. The molecule has 0 aliphatic rings. The first-order chi connectivity index (χ1) is 9.81. The number of benzene rings is 1. The highest BCUT2D eigenvalue weighted by Crippen LogP contribution is 2.23. The predicted molar refractivity (Wildman–Crippen MR) is 78.9 cm³/mol. The van der Waals surface area contributed by atoms with Crippen LogP contribution in [-0.2, 0) is 10.0 Å². The van der Waals surface area contributed by atoms with Gasteiger partial charge in [-0.15, -0.1) is 0 Å². The van der Waals surface area contributed by atoms with Crippen molar-refractivity contribution in [3.63, 3.8) is 0 Å². The van der Waals surface area contributed by atoms with Crippen molar-refractivity contribution < 1.29 is 13.2 Å². The van der Waals surface area contributed by atoms with E-state index in [4.69, 9.17) is 11.6 Å². The number of halogens is 1. The standard InChI is InChI=1S/C12H13ClN4O3S/c1-17(2)12(18)9-7-8(3-4-10(9)13)16-21(19,20)11-5-6-14-15-11/h3-7,16H,1-2H3,(H,14,15). The molecule has 7 nitrogen and oxygen atoms in total. The first-order valence-corrected chi connectivity index (χ1v) is 7.71. The van der Waals surface area contributed by atoms with Crippen LogP contribution in [-0.4, -0.2) is 43.5 Å². The fraction of sp³-hybridized carbons (Fsp3) is 0.167. The molecule has 1 aromatic carbocycles. The molecule has 0 radical (unpaired) electrons. The Kier molecular flexibility index (Phi) is 4.19. The van der Waals surface area contributed by atoms with Gasteiger partial charge >= 0.3 is 0 Å². The number of aromatic amines is 1. The Morgan fingerprint density at radius 2 is 2.05 bits per heavy atom. The summed E-state index contributed by atoms with van der Waals surface area (Å²) in [5, 5.41) is 6.13. The number of nitrogens with zero attached hydrogens (tertiary/aromatic N) is 2. The first-order valence-electron chi connectivity index (χ1n) is 5.84. The van der Waals surface area contributed by atoms with E-state index in [1.54, 1.807) is 14.1 Å². The summed E-state index contributed by atoms with van der Waals surface area (Å²) >= 11 is 5.97. The van der Waals surface area contributed by atoms with Crippen LogP contribution < -0.4 is 4.72 Å². The number of anilines is 1. The Hall–Kier alpha value is -2.06. The zero-order chi connectivity index (χ0) is 15.6. The van der Waals surface area contributed by atoms with Gasteiger partial charge in [-0.3, -0.25) is 14.6 Å². The molecule has 0 aliphatic heterocycles. The van der Waals surface area contributed by atoms with Gasteiger partial charge in [-0.25, -0.2) is 0 Å². The third kappa shape index (κ3) is 3.34. The van der Waals surface area contributed by atoms with Crippen LogP contribution in [0.5, 0.6) is 0 Å². The molecule has 9 heteroatoms. The third-order valence-electron chi connectivity index (χ3n) is 2.62. The molecule has 112 valence electrons. The summed E-state index contributed by atoms with van der Waals surface area (Å²) in [6.07, 6.45) is 1.33. The number of carbonyl (C=O) groups excluding carboxylic acids is 1.